The van der Waals surface area contributed by atoms with Crippen molar-refractivity contribution in [3.63, 3.8) is 0 Å². The Morgan fingerprint density at radius 2 is 2.31 bits per heavy atom. The molecule has 0 N–H and O–H groups in total. The molecule has 1 fully saturated rings. The van der Waals surface area contributed by atoms with Crippen molar-refractivity contribution in [1.29, 1.82) is 0 Å². The molecule has 2 bridgehead atoms. The molecule has 0 spiro atoms. The van der Waals surface area contributed by atoms with E-state index in [2.05, 4.69) is 23.2 Å². The molecule has 3 heterocycles. The first-order valence-corrected chi connectivity index (χ1v) is 4.68. The minimum absolute atomic E-state index is 0.278. The number of rotatable bonds is 1. The molecule has 0 amide bonds. The highest BCUT2D eigenvalue weighted by molar-refractivity contribution is 5.22. The van der Waals surface area contributed by atoms with Gasteiger partial charge in [0.1, 0.15) is 0 Å². The second kappa shape index (κ2) is 2.67. The maximum Gasteiger partial charge on any atom is 0.0849 e. The summed E-state index contributed by atoms with van der Waals surface area (Å²) >= 11 is 0. The first-order valence-electron chi connectivity index (χ1n) is 4.68. The number of pyridine rings is 1. The average molecular weight is 173 g/mol. The Hall–Kier alpha value is -1.15. The van der Waals surface area contributed by atoms with Gasteiger partial charge >= 0.3 is 0 Å². The fraction of sp³-hybridized carbons (Fsp3) is 0.364. The Balaban J connectivity index is 1.92. The van der Waals surface area contributed by atoms with Crippen molar-refractivity contribution in [2.75, 3.05) is 0 Å². The molecule has 66 valence electrons. The second-order valence-corrected chi connectivity index (χ2v) is 3.62. The predicted molar refractivity (Wildman–Crippen MR) is 49.4 cm³/mol. The van der Waals surface area contributed by atoms with Crippen LogP contribution in [0, 0.1) is 0 Å². The van der Waals surface area contributed by atoms with Gasteiger partial charge in [0.05, 0.1) is 12.2 Å². The number of aromatic nitrogens is 1. The van der Waals surface area contributed by atoms with Crippen LogP contribution in [-0.2, 0) is 4.74 Å². The van der Waals surface area contributed by atoms with Gasteiger partial charge in [-0.25, -0.2) is 0 Å². The minimum Gasteiger partial charge on any atom is -0.366 e. The molecule has 0 saturated carbocycles. The van der Waals surface area contributed by atoms with Gasteiger partial charge in [-0.1, -0.05) is 18.2 Å². The Kier molecular flexibility index (Phi) is 1.49. The van der Waals surface area contributed by atoms with Crippen LogP contribution < -0.4 is 0 Å². The van der Waals surface area contributed by atoms with E-state index in [4.69, 9.17) is 4.74 Å². The first-order chi connectivity index (χ1) is 6.43. The van der Waals surface area contributed by atoms with E-state index in [9.17, 15) is 0 Å². The van der Waals surface area contributed by atoms with E-state index in [1.165, 1.54) is 5.69 Å². The number of nitrogens with zero attached hydrogens (tertiary/aromatic N) is 1. The van der Waals surface area contributed by atoms with Crippen LogP contribution in [0.25, 0.3) is 0 Å². The molecule has 2 aliphatic heterocycles. The van der Waals surface area contributed by atoms with Gasteiger partial charge in [-0.3, -0.25) is 4.98 Å². The van der Waals surface area contributed by atoms with E-state index in [1.807, 2.05) is 18.3 Å². The van der Waals surface area contributed by atoms with Crippen molar-refractivity contribution in [2.24, 2.45) is 0 Å². The third-order valence-corrected chi connectivity index (χ3v) is 2.80. The van der Waals surface area contributed by atoms with Crippen LogP contribution >= 0.6 is 0 Å². The van der Waals surface area contributed by atoms with Gasteiger partial charge in [-0.05, 0) is 18.6 Å². The van der Waals surface area contributed by atoms with Crippen LogP contribution in [0.5, 0.6) is 0 Å². The van der Waals surface area contributed by atoms with Gasteiger partial charge in [-0.2, -0.15) is 0 Å². The fourth-order valence-corrected chi connectivity index (χ4v) is 2.16. The zero-order chi connectivity index (χ0) is 8.67. The third-order valence-electron chi connectivity index (χ3n) is 2.80. The molecular weight excluding hydrogens is 162 g/mol. The summed E-state index contributed by atoms with van der Waals surface area (Å²) in [7, 11) is 0. The van der Waals surface area contributed by atoms with Crippen molar-refractivity contribution < 1.29 is 4.74 Å². The SMILES string of the molecule is C1=C[C@H]2O[C@@H]1C[C@@H]2c1ccccn1. The minimum atomic E-state index is 0.278. The summed E-state index contributed by atoms with van der Waals surface area (Å²) in [6.07, 6.45) is 7.89. The lowest BCUT2D eigenvalue weighted by Gasteiger charge is -2.13. The second-order valence-electron chi connectivity index (χ2n) is 3.62. The number of hydrogen-bond acceptors (Lipinski definition) is 2. The topological polar surface area (TPSA) is 22.1 Å². The predicted octanol–water partition coefficient (Wildman–Crippen LogP) is 1.89. The summed E-state index contributed by atoms with van der Waals surface area (Å²) < 4.78 is 5.69. The molecule has 0 unspecified atom stereocenters. The average Bonchev–Trinajstić information content (AvgIpc) is 2.80. The van der Waals surface area contributed by atoms with Crippen LogP contribution in [0.3, 0.4) is 0 Å². The van der Waals surface area contributed by atoms with Crippen LogP contribution in [0.4, 0.5) is 0 Å². The molecule has 13 heavy (non-hydrogen) atoms. The van der Waals surface area contributed by atoms with Crippen molar-refractivity contribution in [1.82, 2.24) is 4.98 Å². The number of fused-ring (bicyclic) bond motifs is 2. The Labute approximate surface area is 77.3 Å². The van der Waals surface area contributed by atoms with E-state index < -0.39 is 0 Å². The van der Waals surface area contributed by atoms with Gasteiger partial charge < -0.3 is 4.74 Å². The van der Waals surface area contributed by atoms with E-state index in [0.717, 1.165) is 6.42 Å². The first kappa shape index (κ1) is 7.27. The molecular formula is C11H11NO. The van der Waals surface area contributed by atoms with Gasteiger partial charge in [-0.15, -0.1) is 0 Å². The van der Waals surface area contributed by atoms with Crippen LogP contribution in [-0.4, -0.2) is 17.2 Å². The van der Waals surface area contributed by atoms with Gasteiger partial charge in [0.25, 0.3) is 0 Å². The van der Waals surface area contributed by atoms with E-state index in [0.29, 0.717) is 12.0 Å². The van der Waals surface area contributed by atoms with Crippen LogP contribution in [0.1, 0.15) is 18.0 Å². The van der Waals surface area contributed by atoms with E-state index >= 15 is 0 Å². The van der Waals surface area contributed by atoms with Crippen LogP contribution in [0.2, 0.25) is 0 Å². The maximum absolute atomic E-state index is 5.69. The van der Waals surface area contributed by atoms with E-state index in [-0.39, 0.29) is 6.10 Å². The van der Waals surface area contributed by atoms with E-state index in [1.54, 1.807) is 0 Å². The highest BCUT2D eigenvalue weighted by Gasteiger charge is 2.38. The lowest BCUT2D eigenvalue weighted by atomic mass is 9.91. The summed E-state index contributed by atoms with van der Waals surface area (Å²) in [5, 5.41) is 0. The monoisotopic (exact) mass is 173 g/mol. The largest absolute Gasteiger partial charge is 0.366 e. The lowest BCUT2D eigenvalue weighted by Crippen LogP contribution is -2.11. The van der Waals surface area contributed by atoms with Gasteiger partial charge in [0.2, 0.25) is 0 Å². The molecule has 0 aromatic carbocycles. The highest BCUT2D eigenvalue weighted by Crippen LogP contribution is 2.39. The zero-order valence-corrected chi connectivity index (χ0v) is 7.26. The maximum atomic E-state index is 5.69. The Bertz CT molecular complexity index is 333. The van der Waals surface area contributed by atoms with Gasteiger partial charge in [0, 0.05) is 17.8 Å². The normalized spacial score (nSPS) is 35.5. The van der Waals surface area contributed by atoms with Gasteiger partial charge in [0.15, 0.2) is 0 Å². The lowest BCUT2D eigenvalue weighted by molar-refractivity contribution is 0.116. The molecule has 1 aromatic rings. The summed E-state index contributed by atoms with van der Waals surface area (Å²) in [6.45, 7) is 0. The third kappa shape index (κ3) is 1.10. The highest BCUT2D eigenvalue weighted by atomic mass is 16.5. The van der Waals surface area contributed by atoms with Crippen molar-refractivity contribution in [3.05, 3.63) is 42.2 Å². The Morgan fingerprint density at radius 3 is 2.92 bits per heavy atom. The summed E-state index contributed by atoms with van der Waals surface area (Å²) in [5.41, 5.74) is 1.17. The number of hydrogen-bond donors (Lipinski definition) is 0. The smallest absolute Gasteiger partial charge is 0.0849 e. The standard InChI is InChI=1S/C11H11NO/c1-2-6-12-10(3-1)9-7-8-4-5-11(9)13-8/h1-6,8-9,11H,7H2/t8-,9+,11+/m0/s1. The molecule has 2 aliphatic rings. The molecule has 2 nitrogen and oxygen atoms in total. The molecule has 3 atom stereocenters. The summed E-state index contributed by atoms with van der Waals surface area (Å²) in [6, 6.07) is 6.08. The van der Waals surface area contributed by atoms with Crippen molar-refractivity contribution in [3.8, 4) is 0 Å². The van der Waals surface area contributed by atoms with Crippen molar-refractivity contribution in [2.45, 2.75) is 24.5 Å². The van der Waals surface area contributed by atoms with Crippen molar-refractivity contribution >= 4 is 0 Å². The number of ether oxygens (including phenoxy) is 1. The Morgan fingerprint density at radius 1 is 1.31 bits per heavy atom. The molecule has 0 aliphatic carbocycles. The summed E-state index contributed by atoms with van der Waals surface area (Å²) in [5.74, 6) is 0.483. The molecule has 2 heteroatoms. The molecule has 1 aromatic heterocycles. The summed E-state index contributed by atoms with van der Waals surface area (Å²) in [4.78, 5) is 4.37. The molecule has 3 rings (SSSR count). The quantitative estimate of drug-likeness (QED) is 0.605. The fourth-order valence-electron chi connectivity index (χ4n) is 2.16. The molecule has 0 radical (unpaired) electrons. The molecule has 1 saturated heterocycles. The van der Waals surface area contributed by atoms with Crippen LogP contribution in [0.15, 0.2) is 36.5 Å². The zero-order valence-electron chi connectivity index (χ0n) is 7.26.